The molecule has 0 unspecified atom stereocenters. The molecule has 0 bridgehead atoms. The second-order valence-electron chi connectivity index (χ2n) is 3.02. The fourth-order valence-electron chi connectivity index (χ4n) is 1.23. The molecular weight excluding hydrogens is 184 g/mol. The predicted molar refractivity (Wildman–Crippen MR) is 52.1 cm³/mol. The van der Waals surface area contributed by atoms with Crippen LogP contribution in [-0.2, 0) is 9.59 Å². The Morgan fingerprint density at radius 2 is 1.50 bits per heavy atom. The van der Waals surface area contributed by atoms with Crippen molar-refractivity contribution in [2.75, 3.05) is 0 Å². The highest BCUT2D eigenvalue weighted by Gasteiger charge is 2.17. The Morgan fingerprint density at radius 3 is 1.79 bits per heavy atom. The topological polar surface area (TPSA) is 74.6 Å². The standard InChI is InChI=1S/C10H16O4/c1-3-5-6-8(10(13)14)7(4-2)9(11)12/h3-6H2,1-2H3,(H,11,12)(H,13,14)/b8-7-. The Balaban J connectivity index is 4.89. The van der Waals surface area contributed by atoms with Crippen LogP contribution in [0.1, 0.15) is 39.5 Å². The molecule has 2 N–H and O–H groups in total. The second-order valence-corrected chi connectivity index (χ2v) is 3.02. The fraction of sp³-hybridized carbons (Fsp3) is 0.600. The van der Waals surface area contributed by atoms with Gasteiger partial charge in [-0.25, -0.2) is 9.59 Å². The van der Waals surface area contributed by atoms with Gasteiger partial charge in [-0.15, -0.1) is 0 Å². The third-order valence-electron chi connectivity index (χ3n) is 2.01. The zero-order chi connectivity index (χ0) is 11.1. The van der Waals surface area contributed by atoms with E-state index in [0.717, 1.165) is 6.42 Å². The van der Waals surface area contributed by atoms with Crippen molar-refractivity contribution in [2.24, 2.45) is 0 Å². The Labute approximate surface area is 83.2 Å². The van der Waals surface area contributed by atoms with Crippen molar-refractivity contribution in [1.82, 2.24) is 0 Å². The summed E-state index contributed by atoms with van der Waals surface area (Å²) in [5, 5.41) is 17.6. The number of hydrogen-bond acceptors (Lipinski definition) is 2. The third-order valence-corrected chi connectivity index (χ3v) is 2.01. The molecular formula is C10H16O4. The van der Waals surface area contributed by atoms with Crippen LogP contribution in [0.4, 0.5) is 0 Å². The smallest absolute Gasteiger partial charge is 0.332 e. The summed E-state index contributed by atoms with van der Waals surface area (Å²) in [6.45, 7) is 3.59. The van der Waals surface area contributed by atoms with Gasteiger partial charge in [0.25, 0.3) is 0 Å². The summed E-state index contributed by atoms with van der Waals surface area (Å²) >= 11 is 0. The Bertz CT molecular complexity index is 253. The molecule has 0 aromatic heterocycles. The van der Waals surface area contributed by atoms with Gasteiger partial charge in [0.05, 0.1) is 0 Å². The number of unbranched alkanes of at least 4 members (excludes halogenated alkanes) is 1. The summed E-state index contributed by atoms with van der Waals surface area (Å²) < 4.78 is 0. The number of carboxylic acid groups (broad SMARTS) is 2. The molecule has 0 aromatic carbocycles. The van der Waals surface area contributed by atoms with Crippen LogP contribution in [0.25, 0.3) is 0 Å². The number of carboxylic acids is 2. The summed E-state index contributed by atoms with van der Waals surface area (Å²) in [6.07, 6.45) is 2.15. The molecule has 0 aliphatic heterocycles. The molecule has 0 heterocycles. The Kier molecular flexibility index (Phi) is 5.60. The van der Waals surface area contributed by atoms with Gasteiger partial charge in [-0.2, -0.15) is 0 Å². The van der Waals surface area contributed by atoms with Gasteiger partial charge >= 0.3 is 11.9 Å². The highest BCUT2D eigenvalue weighted by Crippen LogP contribution is 2.16. The van der Waals surface area contributed by atoms with Gasteiger partial charge in [-0.3, -0.25) is 0 Å². The van der Waals surface area contributed by atoms with Crippen LogP contribution in [-0.4, -0.2) is 22.2 Å². The second kappa shape index (κ2) is 6.18. The molecule has 0 spiro atoms. The van der Waals surface area contributed by atoms with E-state index in [1.165, 1.54) is 0 Å². The van der Waals surface area contributed by atoms with Crippen molar-refractivity contribution in [3.8, 4) is 0 Å². The van der Waals surface area contributed by atoms with E-state index in [-0.39, 0.29) is 17.6 Å². The lowest BCUT2D eigenvalue weighted by molar-refractivity contribution is -0.136. The maximum atomic E-state index is 10.8. The van der Waals surface area contributed by atoms with Crippen LogP contribution in [0.5, 0.6) is 0 Å². The van der Waals surface area contributed by atoms with Gasteiger partial charge in [0.1, 0.15) is 0 Å². The minimum Gasteiger partial charge on any atom is -0.478 e. The molecule has 0 saturated carbocycles. The van der Waals surface area contributed by atoms with Crippen LogP contribution in [0.15, 0.2) is 11.1 Å². The highest BCUT2D eigenvalue weighted by molar-refractivity contribution is 5.98. The van der Waals surface area contributed by atoms with Crippen molar-refractivity contribution < 1.29 is 19.8 Å². The molecule has 14 heavy (non-hydrogen) atoms. The van der Waals surface area contributed by atoms with E-state index in [2.05, 4.69) is 0 Å². The number of rotatable bonds is 6. The Hall–Kier alpha value is -1.32. The number of hydrogen-bond donors (Lipinski definition) is 2. The van der Waals surface area contributed by atoms with Crippen LogP contribution >= 0.6 is 0 Å². The van der Waals surface area contributed by atoms with Crippen LogP contribution in [0.2, 0.25) is 0 Å². The van der Waals surface area contributed by atoms with Crippen molar-refractivity contribution in [2.45, 2.75) is 39.5 Å². The first kappa shape index (κ1) is 12.7. The molecule has 0 rings (SSSR count). The van der Waals surface area contributed by atoms with E-state index in [9.17, 15) is 9.59 Å². The minimum absolute atomic E-state index is 0.0194. The summed E-state index contributed by atoms with van der Waals surface area (Å²) in [5.41, 5.74) is 0.0628. The molecule has 0 aromatic rings. The van der Waals surface area contributed by atoms with Crippen molar-refractivity contribution >= 4 is 11.9 Å². The first-order chi connectivity index (χ1) is 6.54. The van der Waals surface area contributed by atoms with Gasteiger partial charge in [0, 0.05) is 11.1 Å². The molecule has 0 fully saturated rings. The molecule has 0 amide bonds. The Morgan fingerprint density at radius 1 is 1.00 bits per heavy atom. The number of carbonyl (C=O) groups is 2. The van der Waals surface area contributed by atoms with Gasteiger partial charge in [0.2, 0.25) is 0 Å². The van der Waals surface area contributed by atoms with E-state index in [4.69, 9.17) is 10.2 Å². The lowest BCUT2D eigenvalue weighted by atomic mass is 10.0. The van der Waals surface area contributed by atoms with Gasteiger partial charge in [-0.1, -0.05) is 20.3 Å². The van der Waals surface area contributed by atoms with E-state index >= 15 is 0 Å². The van der Waals surface area contributed by atoms with E-state index in [1.807, 2.05) is 6.92 Å². The quantitative estimate of drug-likeness (QED) is 0.643. The maximum absolute atomic E-state index is 10.8. The zero-order valence-corrected chi connectivity index (χ0v) is 8.54. The minimum atomic E-state index is -1.12. The molecule has 0 aliphatic carbocycles. The van der Waals surface area contributed by atoms with Crippen molar-refractivity contribution in [3.05, 3.63) is 11.1 Å². The van der Waals surface area contributed by atoms with E-state index in [0.29, 0.717) is 12.8 Å². The molecule has 0 saturated heterocycles. The van der Waals surface area contributed by atoms with E-state index in [1.54, 1.807) is 6.92 Å². The van der Waals surface area contributed by atoms with Crippen molar-refractivity contribution in [1.29, 1.82) is 0 Å². The van der Waals surface area contributed by atoms with Crippen LogP contribution in [0.3, 0.4) is 0 Å². The summed E-state index contributed by atoms with van der Waals surface area (Å²) in [6, 6.07) is 0. The van der Waals surface area contributed by atoms with E-state index < -0.39 is 11.9 Å². The summed E-state index contributed by atoms with van der Waals surface area (Å²) in [7, 11) is 0. The molecule has 0 radical (unpaired) electrons. The molecule has 0 atom stereocenters. The van der Waals surface area contributed by atoms with Gasteiger partial charge < -0.3 is 10.2 Å². The number of aliphatic carboxylic acids is 2. The largest absolute Gasteiger partial charge is 0.478 e. The monoisotopic (exact) mass is 200 g/mol. The predicted octanol–water partition coefficient (Wildman–Crippen LogP) is 2.05. The van der Waals surface area contributed by atoms with Crippen LogP contribution < -0.4 is 0 Å². The fourth-order valence-corrected chi connectivity index (χ4v) is 1.23. The third kappa shape index (κ3) is 3.60. The lowest BCUT2D eigenvalue weighted by Gasteiger charge is -2.05. The first-order valence-electron chi connectivity index (χ1n) is 4.73. The molecule has 80 valence electrons. The highest BCUT2D eigenvalue weighted by atomic mass is 16.4. The SMILES string of the molecule is CCCC/C(C(=O)O)=C(\CC)C(=O)O. The van der Waals surface area contributed by atoms with Crippen LogP contribution in [0, 0.1) is 0 Å². The lowest BCUT2D eigenvalue weighted by Crippen LogP contribution is -2.11. The zero-order valence-electron chi connectivity index (χ0n) is 8.54. The van der Waals surface area contributed by atoms with Gasteiger partial charge in [0.15, 0.2) is 0 Å². The molecule has 0 aliphatic rings. The molecule has 4 heteroatoms. The first-order valence-corrected chi connectivity index (χ1v) is 4.73. The average molecular weight is 200 g/mol. The normalized spacial score (nSPS) is 12.1. The molecule has 4 nitrogen and oxygen atoms in total. The summed E-state index contributed by atoms with van der Waals surface area (Å²) in [5.74, 6) is -2.24. The van der Waals surface area contributed by atoms with Crippen molar-refractivity contribution in [3.63, 3.8) is 0 Å². The average Bonchev–Trinajstić information content (AvgIpc) is 2.10. The van der Waals surface area contributed by atoms with Gasteiger partial charge in [-0.05, 0) is 19.3 Å². The maximum Gasteiger partial charge on any atom is 0.332 e. The summed E-state index contributed by atoms with van der Waals surface area (Å²) in [4.78, 5) is 21.5.